The van der Waals surface area contributed by atoms with E-state index in [9.17, 15) is 13.6 Å². The molecule has 1 heterocycles. The van der Waals surface area contributed by atoms with E-state index in [4.69, 9.17) is 0 Å². The minimum atomic E-state index is -0.588. The Morgan fingerprint density at radius 1 is 1.21 bits per heavy atom. The number of likely N-dealkylation sites (tertiary alicyclic amines) is 1. The van der Waals surface area contributed by atoms with E-state index in [-0.39, 0.29) is 23.7 Å². The number of urea groups is 1. The van der Waals surface area contributed by atoms with E-state index in [0.29, 0.717) is 11.5 Å². The van der Waals surface area contributed by atoms with Gasteiger partial charge in [0.05, 0.1) is 17.6 Å². The summed E-state index contributed by atoms with van der Waals surface area (Å²) < 4.78 is 32.1. The number of nitrogens with one attached hydrogen (secondary N) is 2. The Labute approximate surface area is 174 Å². The normalized spacial score (nSPS) is 22.9. The lowest BCUT2D eigenvalue weighted by atomic mass is 9.90. The third kappa shape index (κ3) is 3.73. The predicted octanol–water partition coefficient (Wildman–Crippen LogP) is 4.52. The number of fused-ring (bicyclic) bond motifs is 1. The molecule has 2 aromatic rings. The number of amides is 2. The van der Waals surface area contributed by atoms with Crippen molar-refractivity contribution in [3.63, 3.8) is 0 Å². The van der Waals surface area contributed by atoms with Crippen LogP contribution in [0.15, 0.2) is 36.4 Å². The molecular weight excluding hydrogens is 392 g/mol. The monoisotopic (exact) mass is 417 g/mol. The molecule has 1 saturated heterocycles. The average Bonchev–Trinajstić information content (AvgIpc) is 3.09. The van der Waals surface area contributed by atoms with Gasteiger partial charge in [-0.2, -0.15) is 0 Å². The summed E-state index contributed by atoms with van der Waals surface area (Å²) in [6.45, 7) is 3.60. The van der Waals surface area contributed by atoms with Crippen LogP contribution in [0.25, 0.3) is 11.1 Å². The second-order valence-electron chi connectivity index (χ2n) is 7.77. The first-order valence-corrected chi connectivity index (χ1v) is 11.1. The number of aryl methyl sites for hydroxylation is 1. The van der Waals surface area contributed by atoms with Crippen LogP contribution >= 0.6 is 11.9 Å². The minimum absolute atomic E-state index is 0.0230. The molecule has 2 aromatic carbocycles. The van der Waals surface area contributed by atoms with Crippen LogP contribution in [0, 0.1) is 17.6 Å². The fourth-order valence-electron chi connectivity index (χ4n) is 4.49. The van der Waals surface area contributed by atoms with Gasteiger partial charge in [-0.1, -0.05) is 43.1 Å². The van der Waals surface area contributed by atoms with Gasteiger partial charge in [0.15, 0.2) is 0 Å². The smallest absolute Gasteiger partial charge is 0.318 e. The van der Waals surface area contributed by atoms with Crippen LogP contribution in [-0.4, -0.2) is 36.3 Å². The third-order valence-corrected chi connectivity index (χ3v) is 6.47. The highest BCUT2D eigenvalue weighted by atomic mass is 32.2. The number of nitrogens with zero attached hydrogens (tertiary/aromatic N) is 1. The molecular formula is C22H25F2N3OS. The first kappa shape index (κ1) is 20.2. The molecule has 7 heteroatoms. The molecule has 0 unspecified atom stereocenters. The number of benzene rings is 2. The maximum atomic E-state index is 14.5. The molecule has 0 aromatic heterocycles. The molecule has 1 fully saturated rings. The third-order valence-electron chi connectivity index (χ3n) is 6.02. The first-order chi connectivity index (χ1) is 14.0. The Balaban J connectivity index is 1.59. The Morgan fingerprint density at radius 2 is 1.93 bits per heavy atom. The zero-order chi connectivity index (χ0) is 20.5. The van der Waals surface area contributed by atoms with Crippen LogP contribution in [0.1, 0.15) is 30.5 Å². The quantitative estimate of drug-likeness (QED) is 0.704. The molecule has 4 rings (SSSR count). The van der Waals surface area contributed by atoms with Crippen molar-refractivity contribution in [3.8, 4) is 11.1 Å². The summed E-state index contributed by atoms with van der Waals surface area (Å²) in [7, 11) is 0. The van der Waals surface area contributed by atoms with E-state index >= 15 is 0 Å². The zero-order valence-electron chi connectivity index (χ0n) is 16.5. The Morgan fingerprint density at radius 3 is 2.62 bits per heavy atom. The van der Waals surface area contributed by atoms with Gasteiger partial charge < -0.3 is 10.2 Å². The van der Waals surface area contributed by atoms with Gasteiger partial charge >= 0.3 is 6.03 Å². The van der Waals surface area contributed by atoms with Crippen molar-refractivity contribution in [2.45, 2.75) is 31.8 Å². The van der Waals surface area contributed by atoms with Gasteiger partial charge in [0, 0.05) is 13.1 Å². The molecule has 154 valence electrons. The topological polar surface area (TPSA) is 44.4 Å². The second-order valence-corrected chi connectivity index (χ2v) is 8.46. The van der Waals surface area contributed by atoms with E-state index < -0.39 is 11.6 Å². The number of hydrogen-bond donors (Lipinski definition) is 2. The standard InChI is InChI=1S/C22H25F2N3OS/c1-13-12-27(19(13)11-25-29-2)22(28)26-18-10-9-14-5-3-6-15(20(14)18)21-16(23)7-4-8-17(21)24/h3-8,13,18-19,25H,9-12H2,1-2H3,(H,26,28)/t13-,18-,19-/m1/s1. The fourth-order valence-corrected chi connectivity index (χ4v) is 4.82. The van der Waals surface area contributed by atoms with Crippen LogP contribution in [-0.2, 0) is 6.42 Å². The largest absolute Gasteiger partial charge is 0.331 e. The summed E-state index contributed by atoms with van der Waals surface area (Å²) in [5.41, 5.74) is 2.37. The van der Waals surface area contributed by atoms with E-state index in [2.05, 4.69) is 17.0 Å². The van der Waals surface area contributed by atoms with Gasteiger partial charge in [0.25, 0.3) is 0 Å². The lowest BCUT2D eigenvalue weighted by Gasteiger charge is -2.47. The molecule has 2 amide bonds. The molecule has 1 aliphatic carbocycles. The van der Waals surface area contributed by atoms with Crippen molar-refractivity contribution in [1.82, 2.24) is 14.9 Å². The van der Waals surface area contributed by atoms with Crippen LogP contribution in [0.2, 0.25) is 0 Å². The summed E-state index contributed by atoms with van der Waals surface area (Å²) in [5.74, 6) is -0.732. The average molecular weight is 418 g/mol. The van der Waals surface area contributed by atoms with Gasteiger partial charge in [-0.25, -0.2) is 13.6 Å². The van der Waals surface area contributed by atoms with E-state index in [1.807, 2.05) is 23.3 Å². The van der Waals surface area contributed by atoms with E-state index in [0.717, 1.165) is 37.1 Å². The molecule has 0 bridgehead atoms. The van der Waals surface area contributed by atoms with Gasteiger partial charge in [-0.15, -0.1) is 0 Å². The number of carbonyl (C=O) groups is 1. The maximum Gasteiger partial charge on any atom is 0.318 e. The molecule has 3 atom stereocenters. The fraction of sp³-hybridized carbons (Fsp3) is 0.409. The van der Waals surface area contributed by atoms with Crippen LogP contribution < -0.4 is 10.0 Å². The summed E-state index contributed by atoms with van der Waals surface area (Å²) in [6, 6.07) is 9.23. The van der Waals surface area contributed by atoms with Crippen molar-refractivity contribution in [2.75, 3.05) is 19.3 Å². The zero-order valence-corrected chi connectivity index (χ0v) is 17.4. The highest BCUT2D eigenvalue weighted by Crippen LogP contribution is 2.40. The summed E-state index contributed by atoms with van der Waals surface area (Å²) in [5, 5.41) is 3.12. The van der Waals surface area contributed by atoms with Crippen molar-refractivity contribution in [1.29, 1.82) is 0 Å². The van der Waals surface area contributed by atoms with Crippen molar-refractivity contribution < 1.29 is 13.6 Å². The molecule has 0 saturated carbocycles. The Kier molecular flexibility index (Phi) is 5.79. The molecule has 2 aliphatic rings. The van der Waals surface area contributed by atoms with Gasteiger partial charge in [-0.05, 0) is 53.8 Å². The molecule has 0 radical (unpaired) electrons. The number of hydrogen-bond acceptors (Lipinski definition) is 3. The molecule has 2 N–H and O–H groups in total. The molecule has 0 spiro atoms. The summed E-state index contributed by atoms with van der Waals surface area (Å²) >= 11 is 1.54. The molecule has 4 nitrogen and oxygen atoms in total. The predicted molar refractivity (Wildman–Crippen MR) is 113 cm³/mol. The summed E-state index contributed by atoms with van der Waals surface area (Å²) in [6.07, 6.45) is 3.47. The number of halogens is 2. The van der Waals surface area contributed by atoms with Gasteiger partial charge in [0.1, 0.15) is 11.6 Å². The minimum Gasteiger partial charge on any atom is -0.331 e. The number of carbonyl (C=O) groups excluding carboxylic acids is 1. The Bertz CT molecular complexity index is 903. The van der Waals surface area contributed by atoms with Crippen LogP contribution in [0.3, 0.4) is 0 Å². The van der Waals surface area contributed by atoms with E-state index in [1.54, 1.807) is 18.0 Å². The van der Waals surface area contributed by atoms with Crippen LogP contribution in [0.5, 0.6) is 0 Å². The Hall–Kier alpha value is -2.12. The van der Waals surface area contributed by atoms with E-state index in [1.165, 1.54) is 18.2 Å². The molecule has 29 heavy (non-hydrogen) atoms. The molecule has 1 aliphatic heterocycles. The highest BCUT2D eigenvalue weighted by Gasteiger charge is 2.40. The second kappa shape index (κ2) is 8.32. The van der Waals surface area contributed by atoms with Crippen molar-refractivity contribution >= 4 is 18.0 Å². The first-order valence-electron chi connectivity index (χ1n) is 9.90. The highest BCUT2D eigenvalue weighted by molar-refractivity contribution is 7.96. The summed E-state index contributed by atoms with van der Waals surface area (Å²) in [4.78, 5) is 14.8. The number of rotatable bonds is 5. The lowest BCUT2D eigenvalue weighted by molar-refractivity contribution is 0.0617. The maximum absolute atomic E-state index is 14.5. The van der Waals surface area contributed by atoms with Crippen molar-refractivity contribution in [2.24, 2.45) is 5.92 Å². The van der Waals surface area contributed by atoms with Gasteiger partial charge in [-0.3, -0.25) is 4.72 Å². The van der Waals surface area contributed by atoms with Gasteiger partial charge in [0.2, 0.25) is 0 Å². The SMILES string of the molecule is CSNC[C@@H]1[C@H](C)CN1C(=O)N[C@@H]1CCc2cccc(-c3c(F)cccc3F)c21. The van der Waals surface area contributed by atoms with Crippen molar-refractivity contribution in [3.05, 3.63) is 59.2 Å². The van der Waals surface area contributed by atoms with Crippen LogP contribution in [0.4, 0.5) is 13.6 Å². The lowest BCUT2D eigenvalue weighted by Crippen LogP contribution is -2.63.